The smallest absolute Gasteiger partial charge is 0.213 e. The molecule has 0 bridgehead atoms. The number of nitrogens with zero attached hydrogens (tertiary/aromatic N) is 3. The highest BCUT2D eigenvalue weighted by molar-refractivity contribution is 6.30. The fourth-order valence-electron chi connectivity index (χ4n) is 1.90. The third-order valence-corrected chi connectivity index (χ3v) is 3.44. The summed E-state index contributed by atoms with van der Waals surface area (Å²) in [5.41, 5.74) is 1.92. The number of aryl methyl sites for hydroxylation is 1. The SMILES string of the molecule is CCCc1nc(Cl)c(C)c(NCc2ccnc(OC)c2)n1. The minimum atomic E-state index is 0.503. The first kappa shape index (κ1) is 15.5. The zero-order valence-electron chi connectivity index (χ0n) is 12.5. The molecule has 0 fully saturated rings. The number of anilines is 1. The van der Waals surface area contributed by atoms with E-state index in [1.165, 1.54) is 0 Å². The monoisotopic (exact) mass is 306 g/mol. The second kappa shape index (κ2) is 7.22. The minimum Gasteiger partial charge on any atom is -0.481 e. The lowest BCUT2D eigenvalue weighted by molar-refractivity contribution is 0.397. The molecule has 0 spiro atoms. The maximum Gasteiger partial charge on any atom is 0.213 e. The average Bonchev–Trinajstić information content (AvgIpc) is 2.50. The maximum atomic E-state index is 6.16. The van der Waals surface area contributed by atoms with Crippen molar-refractivity contribution in [2.45, 2.75) is 33.2 Å². The Balaban J connectivity index is 2.15. The Morgan fingerprint density at radius 1 is 1.33 bits per heavy atom. The molecule has 0 radical (unpaired) electrons. The molecule has 21 heavy (non-hydrogen) atoms. The van der Waals surface area contributed by atoms with E-state index in [-0.39, 0.29) is 0 Å². The van der Waals surface area contributed by atoms with Crippen LogP contribution in [0.3, 0.4) is 0 Å². The van der Waals surface area contributed by atoms with Crippen molar-refractivity contribution < 1.29 is 4.74 Å². The lowest BCUT2D eigenvalue weighted by Gasteiger charge is -2.11. The van der Waals surface area contributed by atoms with Crippen LogP contribution >= 0.6 is 11.6 Å². The molecule has 2 aromatic rings. The van der Waals surface area contributed by atoms with Crippen LogP contribution in [0, 0.1) is 6.92 Å². The zero-order valence-corrected chi connectivity index (χ0v) is 13.2. The molecule has 5 nitrogen and oxygen atoms in total. The molecule has 2 aromatic heterocycles. The molecule has 0 aromatic carbocycles. The summed E-state index contributed by atoms with van der Waals surface area (Å²) in [5.74, 6) is 2.13. The molecule has 0 aliphatic heterocycles. The first-order valence-electron chi connectivity index (χ1n) is 6.89. The van der Waals surface area contributed by atoms with Gasteiger partial charge in [-0.15, -0.1) is 0 Å². The maximum absolute atomic E-state index is 6.16. The van der Waals surface area contributed by atoms with Gasteiger partial charge in [-0.1, -0.05) is 18.5 Å². The first-order valence-corrected chi connectivity index (χ1v) is 7.27. The molecule has 0 saturated heterocycles. The van der Waals surface area contributed by atoms with Crippen molar-refractivity contribution in [3.05, 3.63) is 40.4 Å². The highest BCUT2D eigenvalue weighted by Crippen LogP contribution is 2.21. The van der Waals surface area contributed by atoms with Crippen LogP contribution in [-0.2, 0) is 13.0 Å². The number of methoxy groups -OCH3 is 1. The molecular formula is C15H19ClN4O. The summed E-state index contributed by atoms with van der Waals surface area (Å²) in [6.07, 6.45) is 3.52. The molecule has 1 N–H and O–H groups in total. The van der Waals surface area contributed by atoms with Gasteiger partial charge in [0.2, 0.25) is 5.88 Å². The van der Waals surface area contributed by atoms with Crippen LogP contribution in [0.15, 0.2) is 18.3 Å². The Hall–Kier alpha value is -1.88. The fourth-order valence-corrected chi connectivity index (χ4v) is 2.09. The Morgan fingerprint density at radius 2 is 2.14 bits per heavy atom. The number of nitrogens with one attached hydrogen (secondary N) is 1. The number of pyridine rings is 1. The van der Waals surface area contributed by atoms with Crippen molar-refractivity contribution in [2.75, 3.05) is 12.4 Å². The third kappa shape index (κ3) is 4.04. The summed E-state index contributed by atoms with van der Waals surface area (Å²) in [4.78, 5) is 12.9. The number of aromatic nitrogens is 3. The van der Waals surface area contributed by atoms with E-state index in [4.69, 9.17) is 16.3 Å². The molecule has 0 amide bonds. The molecule has 0 atom stereocenters. The first-order chi connectivity index (χ1) is 10.1. The van der Waals surface area contributed by atoms with Crippen LogP contribution in [0.2, 0.25) is 5.15 Å². The van der Waals surface area contributed by atoms with Crippen molar-refractivity contribution in [3.63, 3.8) is 0 Å². The number of hydrogen-bond acceptors (Lipinski definition) is 5. The average molecular weight is 307 g/mol. The Morgan fingerprint density at radius 3 is 2.86 bits per heavy atom. The van der Waals surface area contributed by atoms with Gasteiger partial charge in [-0.25, -0.2) is 15.0 Å². The van der Waals surface area contributed by atoms with Crippen LogP contribution in [0.25, 0.3) is 0 Å². The van der Waals surface area contributed by atoms with Gasteiger partial charge in [-0.2, -0.15) is 0 Å². The van der Waals surface area contributed by atoms with Crippen molar-refractivity contribution >= 4 is 17.4 Å². The molecule has 112 valence electrons. The molecule has 0 aliphatic carbocycles. The van der Waals surface area contributed by atoms with Gasteiger partial charge in [0, 0.05) is 30.8 Å². The van der Waals surface area contributed by atoms with Gasteiger partial charge in [0.15, 0.2) is 0 Å². The lowest BCUT2D eigenvalue weighted by Crippen LogP contribution is -2.07. The zero-order chi connectivity index (χ0) is 15.2. The second-order valence-electron chi connectivity index (χ2n) is 4.71. The molecule has 2 heterocycles. The molecule has 0 aliphatic rings. The van der Waals surface area contributed by atoms with E-state index in [1.54, 1.807) is 13.3 Å². The van der Waals surface area contributed by atoms with Gasteiger partial charge >= 0.3 is 0 Å². The van der Waals surface area contributed by atoms with Crippen LogP contribution in [-0.4, -0.2) is 22.1 Å². The summed E-state index contributed by atoms with van der Waals surface area (Å²) < 4.78 is 5.12. The highest BCUT2D eigenvalue weighted by atomic mass is 35.5. The van der Waals surface area contributed by atoms with Gasteiger partial charge in [-0.3, -0.25) is 0 Å². The number of rotatable bonds is 6. The van der Waals surface area contributed by atoms with Gasteiger partial charge in [-0.05, 0) is 25.0 Å². The molecule has 0 unspecified atom stereocenters. The van der Waals surface area contributed by atoms with E-state index in [9.17, 15) is 0 Å². The fraction of sp³-hybridized carbons (Fsp3) is 0.400. The number of halogens is 1. The quantitative estimate of drug-likeness (QED) is 0.829. The van der Waals surface area contributed by atoms with E-state index < -0.39 is 0 Å². The van der Waals surface area contributed by atoms with E-state index in [2.05, 4.69) is 27.2 Å². The van der Waals surface area contributed by atoms with E-state index in [0.29, 0.717) is 17.6 Å². The third-order valence-electron chi connectivity index (χ3n) is 3.07. The number of hydrogen-bond donors (Lipinski definition) is 1. The van der Waals surface area contributed by atoms with Gasteiger partial charge < -0.3 is 10.1 Å². The van der Waals surface area contributed by atoms with E-state index in [1.807, 2.05) is 19.1 Å². The summed E-state index contributed by atoms with van der Waals surface area (Å²) >= 11 is 6.16. The molecule has 6 heteroatoms. The Bertz CT molecular complexity index is 619. The van der Waals surface area contributed by atoms with E-state index in [0.717, 1.165) is 35.6 Å². The summed E-state index contributed by atoms with van der Waals surface area (Å²) in [5, 5.41) is 3.80. The second-order valence-corrected chi connectivity index (χ2v) is 5.07. The standard InChI is InChI=1S/C15H19ClN4O/c1-4-5-12-19-14(16)10(2)15(20-12)18-9-11-6-7-17-13(8-11)21-3/h6-8H,4-5,9H2,1-3H3,(H,18,19,20). The van der Waals surface area contributed by atoms with E-state index >= 15 is 0 Å². The van der Waals surface area contributed by atoms with Crippen LogP contribution < -0.4 is 10.1 Å². The van der Waals surface area contributed by atoms with Crippen LogP contribution in [0.5, 0.6) is 5.88 Å². The van der Waals surface area contributed by atoms with Crippen molar-refractivity contribution in [3.8, 4) is 5.88 Å². The topological polar surface area (TPSA) is 59.9 Å². The summed E-state index contributed by atoms with van der Waals surface area (Å²) in [6.45, 7) is 4.62. The summed E-state index contributed by atoms with van der Waals surface area (Å²) in [7, 11) is 1.60. The predicted molar refractivity (Wildman–Crippen MR) is 83.9 cm³/mol. The van der Waals surface area contributed by atoms with Gasteiger partial charge in [0.25, 0.3) is 0 Å². The largest absolute Gasteiger partial charge is 0.481 e. The predicted octanol–water partition coefficient (Wildman–Crippen LogP) is 3.41. The van der Waals surface area contributed by atoms with Crippen LogP contribution in [0.1, 0.15) is 30.3 Å². The van der Waals surface area contributed by atoms with Gasteiger partial charge in [0.05, 0.1) is 7.11 Å². The van der Waals surface area contributed by atoms with Gasteiger partial charge in [0.1, 0.15) is 16.8 Å². The Labute approximate surface area is 129 Å². The highest BCUT2D eigenvalue weighted by Gasteiger charge is 2.09. The Kier molecular flexibility index (Phi) is 5.33. The molecule has 2 rings (SSSR count). The van der Waals surface area contributed by atoms with Crippen molar-refractivity contribution in [1.82, 2.24) is 15.0 Å². The normalized spacial score (nSPS) is 10.5. The minimum absolute atomic E-state index is 0.503. The number of ether oxygens (including phenoxy) is 1. The van der Waals surface area contributed by atoms with Crippen molar-refractivity contribution in [2.24, 2.45) is 0 Å². The molecule has 0 saturated carbocycles. The lowest BCUT2D eigenvalue weighted by atomic mass is 10.2. The molecular weight excluding hydrogens is 288 g/mol. The van der Waals surface area contributed by atoms with Crippen LogP contribution in [0.4, 0.5) is 5.82 Å². The van der Waals surface area contributed by atoms with Crippen molar-refractivity contribution in [1.29, 1.82) is 0 Å². The summed E-state index contributed by atoms with van der Waals surface area (Å²) in [6, 6.07) is 3.82.